The van der Waals surface area contributed by atoms with E-state index in [-0.39, 0.29) is 23.8 Å². The Kier molecular flexibility index (Phi) is 7.41. The predicted molar refractivity (Wildman–Crippen MR) is 120 cm³/mol. The highest BCUT2D eigenvalue weighted by Crippen LogP contribution is 2.42. The first-order valence-electron chi connectivity index (χ1n) is 10.5. The first-order valence-corrected chi connectivity index (χ1v) is 10.5. The largest absolute Gasteiger partial charge is 0.507 e. The van der Waals surface area contributed by atoms with Crippen molar-refractivity contribution in [1.82, 2.24) is 5.32 Å². The molecule has 2 aromatic rings. The number of benzene rings is 2. The minimum absolute atomic E-state index is 0.0554. The Morgan fingerprint density at radius 1 is 1.22 bits per heavy atom. The molecule has 0 aromatic heterocycles. The average molecular weight is 440 g/mol. The lowest BCUT2D eigenvalue weighted by atomic mass is 9.94. The van der Waals surface area contributed by atoms with Crippen LogP contribution in [-0.2, 0) is 29.1 Å². The lowest BCUT2D eigenvalue weighted by molar-refractivity contribution is -0.121. The number of phenols is 1. The van der Waals surface area contributed by atoms with E-state index in [4.69, 9.17) is 14.2 Å². The Bertz CT molecular complexity index is 1060. The zero-order valence-electron chi connectivity index (χ0n) is 18.9. The van der Waals surface area contributed by atoms with Crippen LogP contribution in [0.2, 0.25) is 0 Å². The zero-order valence-corrected chi connectivity index (χ0v) is 18.9. The highest BCUT2D eigenvalue weighted by atomic mass is 16.5. The number of carbonyl (C=O) groups is 2. The van der Waals surface area contributed by atoms with E-state index in [0.29, 0.717) is 42.7 Å². The number of nitrogens with one attached hydrogen (secondary N) is 1. The van der Waals surface area contributed by atoms with Crippen LogP contribution in [0.25, 0.3) is 0 Å². The molecule has 1 aliphatic heterocycles. The number of aromatic hydroxyl groups is 1. The molecule has 1 amide bonds. The highest BCUT2D eigenvalue weighted by molar-refractivity contribution is 5.98. The summed E-state index contributed by atoms with van der Waals surface area (Å²) < 4.78 is 15.9. The second kappa shape index (κ2) is 10.2. The molecule has 7 nitrogen and oxygen atoms in total. The van der Waals surface area contributed by atoms with Crippen LogP contribution in [0.5, 0.6) is 17.2 Å². The first-order chi connectivity index (χ1) is 15.4. The Morgan fingerprint density at radius 3 is 2.69 bits per heavy atom. The summed E-state index contributed by atoms with van der Waals surface area (Å²) in [7, 11) is 3.14. The van der Waals surface area contributed by atoms with E-state index in [1.165, 1.54) is 7.11 Å². The van der Waals surface area contributed by atoms with Crippen molar-refractivity contribution >= 4 is 11.9 Å². The minimum atomic E-state index is -0.517. The number of carbonyl (C=O) groups excluding carboxylic acids is 2. The van der Waals surface area contributed by atoms with E-state index in [2.05, 4.69) is 5.32 Å². The molecule has 0 bridgehead atoms. The molecule has 32 heavy (non-hydrogen) atoms. The van der Waals surface area contributed by atoms with Crippen LogP contribution in [0.15, 0.2) is 35.9 Å². The van der Waals surface area contributed by atoms with Crippen LogP contribution < -0.4 is 14.8 Å². The van der Waals surface area contributed by atoms with Crippen LogP contribution in [0.4, 0.5) is 0 Å². The molecule has 7 heteroatoms. The minimum Gasteiger partial charge on any atom is -0.507 e. The number of esters is 1. The van der Waals surface area contributed by atoms with E-state index < -0.39 is 5.97 Å². The van der Waals surface area contributed by atoms with Gasteiger partial charge in [-0.05, 0) is 38.3 Å². The van der Waals surface area contributed by atoms with Crippen molar-refractivity contribution in [3.63, 3.8) is 0 Å². The summed E-state index contributed by atoms with van der Waals surface area (Å²) in [4.78, 5) is 24.3. The number of methoxy groups -OCH3 is 2. The lowest BCUT2D eigenvalue weighted by Gasteiger charge is -2.15. The number of hydrogen-bond acceptors (Lipinski definition) is 6. The maximum Gasteiger partial charge on any atom is 0.342 e. The number of cyclic esters (lactones) is 1. The smallest absolute Gasteiger partial charge is 0.342 e. The fraction of sp³-hybridized carbons (Fsp3) is 0.360. The van der Waals surface area contributed by atoms with Crippen LogP contribution in [0.3, 0.4) is 0 Å². The molecule has 2 N–H and O–H groups in total. The number of rotatable bonds is 9. The van der Waals surface area contributed by atoms with Crippen LogP contribution >= 0.6 is 0 Å². The van der Waals surface area contributed by atoms with Crippen molar-refractivity contribution in [2.45, 2.75) is 46.3 Å². The van der Waals surface area contributed by atoms with Crippen LogP contribution in [-0.4, -0.2) is 31.2 Å². The Balaban J connectivity index is 1.62. The number of para-hydroxylation sites is 1. The number of amides is 1. The van der Waals surface area contributed by atoms with Gasteiger partial charge >= 0.3 is 5.97 Å². The number of allylic oxidation sites excluding steroid dienone is 2. The summed E-state index contributed by atoms with van der Waals surface area (Å²) in [6.07, 6.45) is 3.24. The number of fused-ring (bicyclic) bond motifs is 1. The number of phenolic OH excluding ortho intramolecular Hbond substituents is 1. The normalized spacial score (nSPS) is 12.9. The molecule has 0 saturated carbocycles. The molecule has 0 radical (unpaired) electrons. The SMILES string of the molecule is COc1ccccc1CNC(=O)CCC(C)=CCc1c(O)c2c(c(C)c1OC)COC2=O. The van der Waals surface area contributed by atoms with Gasteiger partial charge in [-0.15, -0.1) is 0 Å². The van der Waals surface area contributed by atoms with Gasteiger partial charge in [-0.3, -0.25) is 4.79 Å². The summed E-state index contributed by atoms with van der Waals surface area (Å²) >= 11 is 0. The number of hydrogen-bond donors (Lipinski definition) is 2. The lowest BCUT2D eigenvalue weighted by Crippen LogP contribution is -2.22. The Hall–Kier alpha value is -3.48. The second-order valence-electron chi connectivity index (χ2n) is 7.76. The summed E-state index contributed by atoms with van der Waals surface area (Å²) in [5.74, 6) is 0.630. The van der Waals surface area contributed by atoms with Gasteiger partial charge in [0.15, 0.2) is 0 Å². The van der Waals surface area contributed by atoms with Crippen molar-refractivity contribution in [3.8, 4) is 17.2 Å². The van der Waals surface area contributed by atoms with Crippen molar-refractivity contribution in [2.24, 2.45) is 0 Å². The third-order valence-electron chi connectivity index (χ3n) is 5.72. The van der Waals surface area contributed by atoms with E-state index in [9.17, 15) is 14.7 Å². The van der Waals surface area contributed by atoms with E-state index >= 15 is 0 Å². The van der Waals surface area contributed by atoms with E-state index in [1.54, 1.807) is 7.11 Å². The summed E-state index contributed by atoms with van der Waals surface area (Å²) in [6.45, 7) is 4.33. The third-order valence-corrected chi connectivity index (χ3v) is 5.72. The second-order valence-corrected chi connectivity index (χ2v) is 7.76. The van der Waals surface area contributed by atoms with Gasteiger partial charge in [0.05, 0.1) is 14.2 Å². The molecule has 3 rings (SSSR count). The van der Waals surface area contributed by atoms with Gasteiger partial charge in [0.2, 0.25) is 5.91 Å². The maximum absolute atomic E-state index is 12.3. The van der Waals surface area contributed by atoms with E-state index in [1.807, 2.05) is 44.2 Å². The maximum atomic E-state index is 12.3. The Labute approximate surface area is 188 Å². The van der Waals surface area contributed by atoms with Crippen LogP contribution in [0, 0.1) is 6.92 Å². The molecule has 1 aliphatic rings. The molecule has 0 spiro atoms. The zero-order chi connectivity index (χ0) is 23.3. The van der Waals surface area contributed by atoms with Gasteiger partial charge in [0.1, 0.15) is 29.4 Å². The predicted octanol–water partition coefficient (Wildman–Crippen LogP) is 3.97. The average Bonchev–Trinajstić information content (AvgIpc) is 3.19. The van der Waals surface area contributed by atoms with Gasteiger partial charge in [0.25, 0.3) is 0 Å². The molecule has 0 aliphatic carbocycles. The molecular weight excluding hydrogens is 410 g/mol. The number of ether oxygens (including phenoxy) is 3. The standard InChI is InChI=1S/C25H29NO6/c1-15(10-12-21(27)26-13-17-7-5-6-8-20(17)30-3)9-11-18-23(28)22-19(14-32-25(22)29)16(2)24(18)31-4/h5-9,28H,10-14H2,1-4H3,(H,26,27). The summed E-state index contributed by atoms with van der Waals surface area (Å²) in [5.41, 5.74) is 4.15. The molecule has 170 valence electrons. The molecule has 1 heterocycles. The molecule has 2 aromatic carbocycles. The molecule has 0 saturated heterocycles. The molecule has 0 unspecified atom stereocenters. The fourth-order valence-corrected chi connectivity index (χ4v) is 3.85. The summed E-state index contributed by atoms with van der Waals surface area (Å²) in [6, 6.07) is 7.56. The van der Waals surface area contributed by atoms with Gasteiger partial charge in [-0.25, -0.2) is 4.79 Å². The Morgan fingerprint density at radius 2 is 1.97 bits per heavy atom. The fourth-order valence-electron chi connectivity index (χ4n) is 3.85. The van der Waals surface area contributed by atoms with Crippen molar-refractivity contribution in [3.05, 3.63) is 63.7 Å². The van der Waals surface area contributed by atoms with Gasteiger partial charge in [-0.1, -0.05) is 29.8 Å². The topological polar surface area (TPSA) is 94.1 Å². The monoisotopic (exact) mass is 439 g/mol. The molecular formula is C25H29NO6. The van der Waals surface area contributed by atoms with Gasteiger partial charge in [-0.2, -0.15) is 0 Å². The van der Waals surface area contributed by atoms with Crippen molar-refractivity contribution < 1.29 is 28.9 Å². The summed E-state index contributed by atoms with van der Waals surface area (Å²) in [5, 5.41) is 13.6. The highest BCUT2D eigenvalue weighted by Gasteiger charge is 2.31. The quantitative estimate of drug-likeness (QED) is 0.454. The molecule has 0 fully saturated rings. The van der Waals surface area contributed by atoms with E-state index in [0.717, 1.165) is 22.4 Å². The van der Waals surface area contributed by atoms with Crippen molar-refractivity contribution in [2.75, 3.05) is 14.2 Å². The van der Waals surface area contributed by atoms with Gasteiger partial charge < -0.3 is 24.6 Å². The van der Waals surface area contributed by atoms with Crippen LogP contribution in [0.1, 0.15) is 52.4 Å². The molecule has 0 atom stereocenters. The third kappa shape index (κ3) is 4.88. The van der Waals surface area contributed by atoms with Gasteiger partial charge in [0, 0.05) is 29.7 Å². The van der Waals surface area contributed by atoms with Crippen molar-refractivity contribution in [1.29, 1.82) is 0 Å². The first kappa shape index (κ1) is 23.2.